The van der Waals surface area contributed by atoms with Crippen LogP contribution in [0.25, 0.3) is 0 Å². The Morgan fingerprint density at radius 2 is 1.81 bits per heavy atom. The van der Waals surface area contributed by atoms with Gasteiger partial charge >= 0.3 is 0 Å². The third kappa shape index (κ3) is 8.53. The molecule has 2 rings (SSSR count). The quantitative estimate of drug-likeness (QED) is 0.216. The molecule has 1 heterocycles. The Balaban J connectivity index is 2.08. The summed E-state index contributed by atoms with van der Waals surface area (Å²) in [4.78, 5) is 54.0. The number of ketones is 3. The number of nitrogens with zero attached hydrogens (tertiary/aromatic N) is 1. The molecule has 1 aromatic rings. The Morgan fingerprint density at radius 1 is 1.11 bits per heavy atom. The van der Waals surface area contributed by atoms with Crippen molar-refractivity contribution in [1.29, 1.82) is 0 Å². The number of benzene rings is 1. The summed E-state index contributed by atoms with van der Waals surface area (Å²) >= 11 is 0. The molecule has 1 aliphatic heterocycles. The molecule has 5 nitrogen and oxygen atoms in total. The number of carbonyl (C=O) groups is 4. The number of Topliss-reactive ketones (excluding diaryl/α,β-unsaturated/α-hetero) is 3. The zero-order valence-corrected chi connectivity index (χ0v) is 22.8. The molecule has 1 aromatic carbocycles. The molecule has 1 fully saturated rings. The zero-order chi connectivity index (χ0) is 26.7. The van der Waals surface area contributed by atoms with Gasteiger partial charge in [0.2, 0.25) is 11.7 Å². The van der Waals surface area contributed by atoms with Crippen molar-refractivity contribution >= 4 is 23.3 Å². The lowest BCUT2D eigenvalue weighted by Gasteiger charge is -2.35. The highest BCUT2D eigenvalue weighted by Crippen LogP contribution is 2.35. The molecule has 5 heteroatoms. The molecule has 0 aliphatic carbocycles. The molecule has 198 valence electrons. The molecule has 1 saturated heterocycles. The highest BCUT2D eigenvalue weighted by Gasteiger charge is 2.41. The fraction of sp³-hybridized carbons (Fsp3) is 0.613. The Hall–Kier alpha value is -2.56. The van der Waals surface area contributed by atoms with Gasteiger partial charge in [0.25, 0.3) is 0 Å². The first kappa shape index (κ1) is 29.7. The van der Waals surface area contributed by atoms with Crippen molar-refractivity contribution in [1.82, 2.24) is 4.90 Å². The van der Waals surface area contributed by atoms with Gasteiger partial charge in [-0.3, -0.25) is 19.2 Å². The van der Waals surface area contributed by atoms with E-state index in [1.54, 1.807) is 11.0 Å². The van der Waals surface area contributed by atoms with Crippen LogP contribution < -0.4 is 0 Å². The summed E-state index contributed by atoms with van der Waals surface area (Å²) in [5.41, 5.74) is 1.04. The topological polar surface area (TPSA) is 71.5 Å². The van der Waals surface area contributed by atoms with Crippen LogP contribution in [0.15, 0.2) is 43.0 Å². The van der Waals surface area contributed by atoms with E-state index in [9.17, 15) is 19.2 Å². The molecule has 0 radical (unpaired) electrons. The zero-order valence-electron chi connectivity index (χ0n) is 22.8. The number of carbonyl (C=O) groups excluding carboxylic acids is 4. The number of aryl methyl sites for hydroxylation is 1. The Labute approximate surface area is 217 Å². The lowest BCUT2D eigenvalue weighted by Crippen LogP contribution is -2.47. The van der Waals surface area contributed by atoms with Crippen LogP contribution in [0.2, 0.25) is 0 Å². The molecule has 1 amide bonds. The number of hydrogen-bond donors (Lipinski definition) is 0. The number of hydrogen-bond acceptors (Lipinski definition) is 4. The summed E-state index contributed by atoms with van der Waals surface area (Å²) in [6.45, 7) is 12.4. The number of rotatable bonds is 15. The largest absolute Gasteiger partial charge is 0.332 e. The van der Waals surface area contributed by atoms with Crippen molar-refractivity contribution in [2.75, 3.05) is 6.54 Å². The summed E-state index contributed by atoms with van der Waals surface area (Å²) in [7, 11) is 0. The molecule has 0 spiro atoms. The van der Waals surface area contributed by atoms with E-state index in [1.807, 2.05) is 25.1 Å². The van der Waals surface area contributed by atoms with Gasteiger partial charge < -0.3 is 4.90 Å². The summed E-state index contributed by atoms with van der Waals surface area (Å²) in [6.07, 6.45) is 7.50. The standard InChI is InChI=1S/C31H45NO4/c1-6-8-20-27(33)29(35)24(14-7-2)22-28(34)26-19-13-21-32(26)30(36)25(31(3,4)5)18-12-17-23-15-10-9-11-16-23/h6,9-11,15-16,24-26H,1,7-8,12-14,17-22H2,2-5H3. The maximum Gasteiger partial charge on any atom is 0.226 e. The van der Waals surface area contributed by atoms with Crippen LogP contribution in [-0.4, -0.2) is 40.7 Å². The molecule has 0 N–H and O–H groups in total. The van der Waals surface area contributed by atoms with Crippen molar-refractivity contribution < 1.29 is 19.2 Å². The van der Waals surface area contributed by atoms with Crippen molar-refractivity contribution in [3.05, 3.63) is 48.6 Å². The minimum atomic E-state index is -0.596. The minimum absolute atomic E-state index is 0.0368. The average molecular weight is 496 g/mol. The first-order valence-electron chi connectivity index (χ1n) is 13.6. The minimum Gasteiger partial charge on any atom is -0.332 e. The predicted octanol–water partition coefficient (Wildman–Crippen LogP) is 6.14. The maximum atomic E-state index is 13.8. The van der Waals surface area contributed by atoms with Gasteiger partial charge in [-0.25, -0.2) is 0 Å². The number of likely N-dealkylation sites (tertiary alicyclic amines) is 1. The van der Waals surface area contributed by atoms with Crippen molar-refractivity contribution in [3.63, 3.8) is 0 Å². The van der Waals surface area contributed by atoms with Crippen molar-refractivity contribution in [2.24, 2.45) is 17.3 Å². The Kier molecular flexibility index (Phi) is 11.7. The van der Waals surface area contributed by atoms with E-state index < -0.39 is 23.5 Å². The van der Waals surface area contributed by atoms with Gasteiger partial charge in [-0.1, -0.05) is 70.5 Å². The van der Waals surface area contributed by atoms with Gasteiger partial charge in [0.05, 0.1) is 6.04 Å². The Bertz CT molecular complexity index is 899. The van der Waals surface area contributed by atoms with E-state index in [2.05, 4.69) is 39.5 Å². The van der Waals surface area contributed by atoms with Gasteiger partial charge in [0.1, 0.15) is 0 Å². The van der Waals surface area contributed by atoms with Gasteiger partial charge in [-0.2, -0.15) is 0 Å². The predicted molar refractivity (Wildman–Crippen MR) is 145 cm³/mol. The molecular formula is C31H45NO4. The third-order valence-corrected chi connectivity index (χ3v) is 7.36. The van der Waals surface area contributed by atoms with Crippen molar-refractivity contribution in [2.45, 2.75) is 97.9 Å². The van der Waals surface area contributed by atoms with E-state index in [4.69, 9.17) is 0 Å². The molecule has 36 heavy (non-hydrogen) atoms. The molecule has 3 unspecified atom stereocenters. The summed E-state index contributed by atoms with van der Waals surface area (Å²) < 4.78 is 0. The molecular weight excluding hydrogens is 450 g/mol. The van der Waals surface area contributed by atoms with E-state index >= 15 is 0 Å². The SMILES string of the molecule is C=CCCC(=O)C(=O)C(CCC)CC(=O)C1CCCN1C(=O)C(CCCc1ccccc1)C(C)(C)C. The molecule has 0 aromatic heterocycles. The van der Waals surface area contributed by atoms with Crippen LogP contribution >= 0.6 is 0 Å². The van der Waals surface area contributed by atoms with E-state index in [-0.39, 0.29) is 35.9 Å². The van der Waals surface area contributed by atoms with Crippen LogP contribution in [0.5, 0.6) is 0 Å². The lowest BCUT2D eigenvalue weighted by molar-refractivity contribution is -0.145. The van der Waals surface area contributed by atoms with Crippen LogP contribution in [-0.2, 0) is 25.6 Å². The molecule has 1 aliphatic rings. The smallest absolute Gasteiger partial charge is 0.226 e. The highest BCUT2D eigenvalue weighted by atomic mass is 16.2. The second-order valence-electron chi connectivity index (χ2n) is 11.3. The normalized spacial score (nSPS) is 17.4. The van der Waals surface area contributed by atoms with Crippen molar-refractivity contribution in [3.8, 4) is 0 Å². The first-order chi connectivity index (χ1) is 17.1. The van der Waals surface area contributed by atoms with E-state index in [1.165, 1.54) is 5.56 Å². The van der Waals surface area contributed by atoms with Gasteiger partial charge in [-0.05, 0) is 55.9 Å². The monoisotopic (exact) mass is 495 g/mol. The van der Waals surface area contributed by atoms with Gasteiger partial charge in [0.15, 0.2) is 11.6 Å². The number of allylic oxidation sites excluding steroid dienone is 1. The van der Waals surface area contributed by atoms with Gasteiger partial charge in [-0.15, -0.1) is 6.58 Å². The van der Waals surface area contributed by atoms with E-state index in [0.717, 1.165) is 32.1 Å². The van der Waals surface area contributed by atoms with Crippen LogP contribution in [0, 0.1) is 17.3 Å². The second-order valence-corrected chi connectivity index (χ2v) is 11.3. The Morgan fingerprint density at radius 3 is 2.42 bits per heavy atom. The van der Waals surface area contributed by atoms with Crippen LogP contribution in [0.1, 0.15) is 91.0 Å². The maximum absolute atomic E-state index is 13.8. The highest BCUT2D eigenvalue weighted by molar-refractivity contribution is 6.38. The molecule has 0 bridgehead atoms. The fourth-order valence-electron chi connectivity index (χ4n) is 5.28. The first-order valence-corrected chi connectivity index (χ1v) is 13.6. The average Bonchev–Trinajstić information content (AvgIpc) is 3.34. The van der Waals surface area contributed by atoms with E-state index in [0.29, 0.717) is 25.8 Å². The molecule has 0 saturated carbocycles. The number of amides is 1. The summed E-state index contributed by atoms with van der Waals surface area (Å²) in [6, 6.07) is 9.80. The van der Waals surface area contributed by atoms with Crippen LogP contribution in [0.4, 0.5) is 0 Å². The third-order valence-electron chi connectivity index (χ3n) is 7.36. The van der Waals surface area contributed by atoms with Gasteiger partial charge in [0, 0.05) is 31.2 Å². The summed E-state index contributed by atoms with van der Waals surface area (Å²) in [5, 5.41) is 0. The second kappa shape index (κ2) is 14.2. The van der Waals surface area contributed by atoms with Crippen LogP contribution in [0.3, 0.4) is 0 Å². The molecule has 3 atom stereocenters. The fourth-order valence-corrected chi connectivity index (χ4v) is 5.28. The lowest BCUT2D eigenvalue weighted by atomic mass is 9.76. The summed E-state index contributed by atoms with van der Waals surface area (Å²) in [5.74, 6) is -1.68.